The maximum Gasteiger partial charge on any atom is 0.141 e. The molecule has 1 aromatic heterocycles. The van der Waals surface area contributed by atoms with Gasteiger partial charge in [-0.3, -0.25) is 9.88 Å². The van der Waals surface area contributed by atoms with Crippen LogP contribution in [0.3, 0.4) is 0 Å². The minimum absolute atomic E-state index is 0.257. The first-order valence-electron chi connectivity index (χ1n) is 6.52. The molecule has 0 aliphatic carbocycles. The predicted molar refractivity (Wildman–Crippen MR) is 69.6 cm³/mol. The number of halogens is 1. The number of rotatable bonds is 4. The van der Waals surface area contributed by atoms with Crippen LogP contribution in [-0.2, 0) is 6.54 Å². The fraction of sp³-hybridized carbons (Fsp3) is 0.615. The Hall–Kier alpha value is -1.04. The topological polar surface area (TPSA) is 45.4 Å². The molecule has 0 unspecified atom stereocenters. The van der Waals surface area contributed by atoms with Crippen molar-refractivity contribution in [3.8, 4) is 0 Å². The lowest BCUT2D eigenvalue weighted by atomic mass is 10.2. The molecule has 5 heteroatoms. The van der Waals surface area contributed by atoms with Gasteiger partial charge in [-0.05, 0) is 31.1 Å². The first kappa shape index (κ1) is 13.4. The van der Waals surface area contributed by atoms with Crippen LogP contribution in [0.1, 0.15) is 12.0 Å². The molecule has 0 radical (unpaired) electrons. The number of hydrogen-bond donors (Lipinski definition) is 1. The summed E-state index contributed by atoms with van der Waals surface area (Å²) in [5.41, 5.74) is 6.53. The average molecular weight is 252 g/mol. The highest BCUT2D eigenvalue weighted by atomic mass is 19.1. The number of hydrogen-bond acceptors (Lipinski definition) is 4. The van der Waals surface area contributed by atoms with Crippen LogP contribution in [0.2, 0.25) is 0 Å². The molecule has 0 atom stereocenters. The summed E-state index contributed by atoms with van der Waals surface area (Å²) in [6.45, 7) is 6.67. The molecule has 1 aromatic rings. The summed E-state index contributed by atoms with van der Waals surface area (Å²) < 4.78 is 13.1. The minimum Gasteiger partial charge on any atom is -0.329 e. The summed E-state index contributed by atoms with van der Waals surface area (Å²) in [5, 5.41) is 0. The van der Waals surface area contributed by atoms with Crippen LogP contribution in [0.25, 0.3) is 0 Å². The van der Waals surface area contributed by atoms with Crippen molar-refractivity contribution in [3.05, 3.63) is 29.8 Å². The Labute approximate surface area is 108 Å². The van der Waals surface area contributed by atoms with Gasteiger partial charge < -0.3 is 10.6 Å². The fourth-order valence-electron chi connectivity index (χ4n) is 2.39. The van der Waals surface area contributed by atoms with Gasteiger partial charge >= 0.3 is 0 Å². The van der Waals surface area contributed by atoms with E-state index in [1.54, 1.807) is 12.3 Å². The van der Waals surface area contributed by atoms with E-state index >= 15 is 0 Å². The zero-order valence-corrected chi connectivity index (χ0v) is 10.7. The third-order valence-electron chi connectivity index (χ3n) is 3.29. The minimum atomic E-state index is -0.257. The van der Waals surface area contributed by atoms with Crippen LogP contribution >= 0.6 is 0 Å². The quantitative estimate of drug-likeness (QED) is 0.856. The normalized spacial score (nSPS) is 18.8. The van der Waals surface area contributed by atoms with E-state index in [4.69, 9.17) is 5.73 Å². The Morgan fingerprint density at radius 2 is 1.94 bits per heavy atom. The largest absolute Gasteiger partial charge is 0.329 e. The monoisotopic (exact) mass is 252 g/mol. The molecule has 4 nitrogen and oxygen atoms in total. The molecule has 100 valence electrons. The molecule has 0 aromatic carbocycles. The molecule has 0 amide bonds. The lowest BCUT2D eigenvalue weighted by molar-refractivity contribution is 0.254. The molecule has 0 saturated carbocycles. The number of aromatic nitrogens is 1. The summed E-state index contributed by atoms with van der Waals surface area (Å²) in [4.78, 5) is 8.64. The van der Waals surface area contributed by atoms with Crippen molar-refractivity contribution in [1.29, 1.82) is 0 Å². The Bertz CT molecular complexity index is 372. The highest BCUT2D eigenvalue weighted by Crippen LogP contribution is 2.09. The van der Waals surface area contributed by atoms with E-state index in [-0.39, 0.29) is 5.82 Å². The Morgan fingerprint density at radius 3 is 2.72 bits per heavy atom. The van der Waals surface area contributed by atoms with Crippen molar-refractivity contribution in [2.75, 3.05) is 39.3 Å². The highest BCUT2D eigenvalue weighted by Gasteiger charge is 2.14. The van der Waals surface area contributed by atoms with Crippen molar-refractivity contribution in [3.63, 3.8) is 0 Å². The van der Waals surface area contributed by atoms with E-state index < -0.39 is 0 Å². The predicted octanol–water partition coefficient (Wildman–Crippen LogP) is 0.687. The molecule has 0 spiro atoms. The molecule has 2 N–H and O–H groups in total. The van der Waals surface area contributed by atoms with Gasteiger partial charge in [0.05, 0.1) is 6.20 Å². The summed E-state index contributed by atoms with van der Waals surface area (Å²) in [5.74, 6) is -0.257. The zero-order chi connectivity index (χ0) is 12.8. The maximum atomic E-state index is 13.1. The zero-order valence-electron chi connectivity index (χ0n) is 10.7. The van der Waals surface area contributed by atoms with E-state index in [1.165, 1.54) is 6.20 Å². The summed E-state index contributed by atoms with van der Waals surface area (Å²) in [6.07, 6.45) is 4.13. The van der Waals surface area contributed by atoms with Gasteiger partial charge in [-0.25, -0.2) is 4.39 Å². The second kappa shape index (κ2) is 6.78. The van der Waals surface area contributed by atoms with Crippen molar-refractivity contribution in [2.24, 2.45) is 5.73 Å². The van der Waals surface area contributed by atoms with Crippen molar-refractivity contribution in [1.82, 2.24) is 14.8 Å². The molecule has 2 rings (SSSR count). The SMILES string of the molecule is NCCN1CCCN(Cc2cncc(F)c2)CC1. The molecule has 18 heavy (non-hydrogen) atoms. The van der Waals surface area contributed by atoms with Crippen LogP contribution in [0.5, 0.6) is 0 Å². The maximum absolute atomic E-state index is 13.1. The fourth-order valence-corrected chi connectivity index (χ4v) is 2.39. The van der Waals surface area contributed by atoms with Gasteiger partial charge in [0.2, 0.25) is 0 Å². The molecule has 0 bridgehead atoms. The van der Waals surface area contributed by atoms with Gasteiger partial charge in [0, 0.05) is 38.9 Å². The number of nitrogens with zero attached hydrogens (tertiary/aromatic N) is 3. The number of pyridine rings is 1. The average Bonchev–Trinajstić information content (AvgIpc) is 2.56. The molecule has 1 aliphatic heterocycles. The summed E-state index contributed by atoms with van der Waals surface area (Å²) in [6, 6.07) is 1.57. The first-order chi connectivity index (χ1) is 8.78. The van der Waals surface area contributed by atoms with E-state index in [1.807, 2.05) is 0 Å². The Balaban J connectivity index is 1.87. The molecular formula is C13H21FN4. The van der Waals surface area contributed by atoms with Gasteiger partial charge in [0.1, 0.15) is 5.82 Å². The standard InChI is InChI=1S/C13H21FN4/c14-13-8-12(9-16-10-13)11-18-4-1-3-17(5-2-15)6-7-18/h8-10H,1-7,11,15H2. The number of nitrogens with two attached hydrogens (primary N) is 1. The van der Waals surface area contributed by atoms with Crippen LogP contribution in [0.4, 0.5) is 4.39 Å². The van der Waals surface area contributed by atoms with Gasteiger partial charge in [-0.1, -0.05) is 0 Å². The van der Waals surface area contributed by atoms with Crippen LogP contribution in [0, 0.1) is 5.82 Å². The third-order valence-corrected chi connectivity index (χ3v) is 3.29. The second-order valence-electron chi connectivity index (χ2n) is 4.77. The summed E-state index contributed by atoms with van der Waals surface area (Å²) >= 11 is 0. The molecule has 2 heterocycles. The van der Waals surface area contributed by atoms with Crippen molar-refractivity contribution < 1.29 is 4.39 Å². The van der Waals surface area contributed by atoms with Gasteiger partial charge in [-0.2, -0.15) is 0 Å². The van der Waals surface area contributed by atoms with Gasteiger partial charge in [0.25, 0.3) is 0 Å². The second-order valence-corrected chi connectivity index (χ2v) is 4.77. The third kappa shape index (κ3) is 4.01. The van der Waals surface area contributed by atoms with E-state index in [0.29, 0.717) is 6.54 Å². The van der Waals surface area contributed by atoms with Crippen molar-refractivity contribution in [2.45, 2.75) is 13.0 Å². The lowest BCUT2D eigenvalue weighted by Gasteiger charge is -2.21. The molecule has 1 fully saturated rings. The smallest absolute Gasteiger partial charge is 0.141 e. The summed E-state index contributed by atoms with van der Waals surface area (Å²) in [7, 11) is 0. The molecular weight excluding hydrogens is 231 g/mol. The van der Waals surface area contributed by atoms with Gasteiger partial charge in [-0.15, -0.1) is 0 Å². The molecule has 1 aliphatic rings. The van der Waals surface area contributed by atoms with E-state index in [9.17, 15) is 4.39 Å². The van der Waals surface area contributed by atoms with Crippen molar-refractivity contribution >= 4 is 0 Å². The van der Waals surface area contributed by atoms with Gasteiger partial charge in [0.15, 0.2) is 0 Å². The van der Waals surface area contributed by atoms with E-state index in [2.05, 4.69) is 14.8 Å². The molecule has 1 saturated heterocycles. The van der Waals surface area contributed by atoms with E-state index in [0.717, 1.165) is 51.3 Å². The first-order valence-corrected chi connectivity index (χ1v) is 6.52. The Morgan fingerprint density at radius 1 is 1.17 bits per heavy atom. The van der Waals surface area contributed by atoms with Crippen LogP contribution < -0.4 is 5.73 Å². The lowest BCUT2D eigenvalue weighted by Crippen LogP contribution is -2.33. The van der Waals surface area contributed by atoms with Crippen LogP contribution in [-0.4, -0.2) is 54.1 Å². The van der Waals surface area contributed by atoms with Crippen LogP contribution in [0.15, 0.2) is 18.5 Å². The Kier molecular flexibility index (Phi) is 5.04. The highest BCUT2D eigenvalue weighted by molar-refractivity contribution is 5.09.